The normalized spacial score (nSPS) is 11.0. The molecule has 0 atom stereocenters. The van der Waals surface area contributed by atoms with E-state index in [1.165, 1.54) is 0 Å². The van der Waals surface area contributed by atoms with Crippen molar-refractivity contribution in [3.63, 3.8) is 0 Å². The molecular weight excluding hydrogens is 392 g/mol. The van der Waals surface area contributed by atoms with Gasteiger partial charge in [-0.1, -0.05) is 20.8 Å². The Kier molecular flexibility index (Phi) is 7.63. The van der Waals surface area contributed by atoms with Gasteiger partial charge in [-0.3, -0.25) is 14.4 Å². The van der Waals surface area contributed by atoms with Gasteiger partial charge in [-0.15, -0.1) is 0 Å². The molecule has 0 aliphatic rings. The fourth-order valence-electron chi connectivity index (χ4n) is 2.40. The minimum Gasteiger partial charge on any atom is -0.352 e. The zero-order chi connectivity index (χ0) is 22.3. The van der Waals surface area contributed by atoms with Gasteiger partial charge in [0.1, 0.15) is 11.6 Å². The van der Waals surface area contributed by atoms with Crippen LogP contribution < -0.4 is 16.0 Å². The minimum atomic E-state index is -0.938. The van der Waals surface area contributed by atoms with Crippen LogP contribution in [0, 0.1) is 17.0 Å². The van der Waals surface area contributed by atoms with Gasteiger partial charge in [-0.05, 0) is 42.8 Å². The van der Waals surface area contributed by atoms with Crippen molar-refractivity contribution in [3.8, 4) is 0 Å². The Balaban J connectivity index is 1.74. The summed E-state index contributed by atoms with van der Waals surface area (Å²) in [5, 5.41) is 8.01. The van der Waals surface area contributed by atoms with E-state index in [2.05, 4.69) is 16.0 Å². The molecule has 3 N–H and O–H groups in total. The number of carbonyl (C=O) groups excluding carboxylic acids is 3. The van der Waals surface area contributed by atoms with E-state index < -0.39 is 23.0 Å². The molecule has 3 amide bonds. The topological polar surface area (TPSA) is 87.3 Å². The zero-order valence-electron chi connectivity index (χ0n) is 17.1. The summed E-state index contributed by atoms with van der Waals surface area (Å²) in [5.74, 6) is -2.72. The summed E-state index contributed by atoms with van der Waals surface area (Å²) in [6.07, 6.45) is 0.495. The van der Waals surface area contributed by atoms with Crippen LogP contribution in [0.4, 0.5) is 20.2 Å². The fraction of sp³-hybridized carbons (Fsp3) is 0.318. The lowest BCUT2D eigenvalue weighted by Crippen LogP contribution is -2.27. The van der Waals surface area contributed by atoms with Crippen LogP contribution in [-0.4, -0.2) is 24.3 Å². The van der Waals surface area contributed by atoms with Gasteiger partial charge in [0, 0.05) is 35.8 Å². The molecule has 0 bridgehead atoms. The highest BCUT2D eigenvalue weighted by molar-refractivity contribution is 5.96. The molecule has 0 fully saturated rings. The third-order valence-corrected chi connectivity index (χ3v) is 4.15. The van der Waals surface area contributed by atoms with Crippen LogP contribution in [0.2, 0.25) is 0 Å². The summed E-state index contributed by atoms with van der Waals surface area (Å²) in [5.41, 5.74) is 0.444. The van der Waals surface area contributed by atoms with Gasteiger partial charge in [-0.2, -0.15) is 0 Å². The van der Waals surface area contributed by atoms with E-state index in [9.17, 15) is 23.2 Å². The molecule has 2 aromatic rings. The van der Waals surface area contributed by atoms with Crippen LogP contribution in [0.3, 0.4) is 0 Å². The summed E-state index contributed by atoms with van der Waals surface area (Å²) in [4.78, 5) is 35.9. The first-order valence-corrected chi connectivity index (χ1v) is 9.51. The summed E-state index contributed by atoms with van der Waals surface area (Å²) < 4.78 is 26.4. The smallest absolute Gasteiger partial charge is 0.254 e. The number of carbonyl (C=O) groups is 3. The summed E-state index contributed by atoms with van der Waals surface area (Å²) in [6, 6.07) is 9.45. The Morgan fingerprint density at radius 3 is 2.07 bits per heavy atom. The summed E-state index contributed by atoms with van der Waals surface area (Å²) in [7, 11) is 0. The molecule has 0 spiro atoms. The number of amides is 3. The maximum absolute atomic E-state index is 13.5. The van der Waals surface area contributed by atoms with E-state index in [0.29, 0.717) is 23.9 Å². The van der Waals surface area contributed by atoms with Crippen molar-refractivity contribution < 1.29 is 23.2 Å². The second-order valence-electron chi connectivity index (χ2n) is 7.81. The highest BCUT2D eigenvalue weighted by Gasteiger charge is 2.21. The predicted octanol–water partition coefficient (Wildman–Crippen LogP) is 4.10. The monoisotopic (exact) mass is 417 g/mol. The first-order valence-electron chi connectivity index (χ1n) is 9.51. The van der Waals surface area contributed by atoms with Crippen LogP contribution in [0.25, 0.3) is 0 Å². The Hall–Kier alpha value is -3.29. The predicted molar refractivity (Wildman–Crippen MR) is 111 cm³/mol. The Morgan fingerprint density at radius 2 is 1.50 bits per heavy atom. The average Bonchev–Trinajstić information content (AvgIpc) is 2.66. The summed E-state index contributed by atoms with van der Waals surface area (Å²) >= 11 is 0. The Labute approximate surface area is 174 Å². The lowest BCUT2D eigenvalue weighted by atomic mass is 9.95. The first-order chi connectivity index (χ1) is 14.1. The number of anilines is 2. The number of rotatable bonds is 7. The molecule has 6 nitrogen and oxygen atoms in total. The maximum atomic E-state index is 13.5. The SMILES string of the molecule is CC(C)(C)C(=O)Nc1ccc(NC(=O)CCCNC(=O)c2ccc(F)cc2F)cc1. The lowest BCUT2D eigenvalue weighted by molar-refractivity contribution is -0.123. The Morgan fingerprint density at radius 1 is 0.900 bits per heavy atom. The molecule has 8 heteroatoms. The van der Waals surface area contributed by atoms with Crippen molar-refractivity contribution in [2.45, 2.75) is 33.6 Å². The highest BCUT2D eigenvalue weighted by Crippen LogP contribution is 2.19. The van der Waals surface area contributed by atoms with Gasteiger partial charge in [0.05, 0.1) is 5.56 Å². The van der Waals surface area contributed by atoms with Crippen LogP contribution in [-0.2, 0) is 9.59 Å². The van der Waals surface area contributed by atoms with Crippen molar-refractivity contribution in [1.29, 1.82) is 0 Å². The van der Waals surface area contributed by atoms with Crippen LogP contribution in [0.5, 0.6) is 0 Å². The molecule has 0 aliphatic heterocycles. The van der Waals surface area contributed by atoms with Gasteiger partial charge in [0.15, 0.2) is 0 Å². The van der Waals surface area contributed by atoms with E-state index in [0.717, 1.165) is 12.1 Å². The molecule has 0 aliphatic carbocycles. The quantitative estimate of drug-likeness (QED) is 0.593. The molecule has 30 heavy (non-hydrogen) atoms. The molecule has 0 saturated heterocycles. The number of benzene rings is 2. The van der Waals surface area contributed by atoms with E-state index in [1.54, 1.807) is 24.3 Å². The fourth-order valence-corrected chi connectivity index (χ4v) is 2.40. The van der Waals surface area contributed by atoms with Crippen molar-refractivity contribution in [2.75, 3.05) is 17.2 Å². The van der Waals surface area contributed by atoms with Crippen LogP contribution in [0.15, 0.2) is 42.5 Å². The van der Waals surface area contributed by atoms with Gasteiger partial charge in [0.2, 0.25) is 11.8 Å². The van der Waals surface area contributed by atoms with Gasteiger partial charge in [-0.25, -0.2) is 8.78 Å². The zero-order valence-corrected chi connectivity index (χ0v) is 17.1. The Bertz CT molecular complexity index is 922. The molecule has 0 heterocycles. The van der Waals surface area contributed by atoms with E-state index in [1.807, 2.05) is 20.8 Å². The molecule has 160 valence electrons. The number of halogens is 2. The van der Waals surface area contributed by atoms with Crippen LogP contribution in [0.1, 0.15) is 44.0 Å². The third-order valence-electron chi connectivity index (χ3n) is 4.15. The second kappa shape index (κ2) is 9.96. The van der Waals surface area contributed by atoms with Crippen molar-refractivity contribution >= 4 is 29.1 Å². The molecule has 0 unspecified atom stereocenters. The molecule has 2 aromatic carbocycles. The van der Waals surface area contributed by atoms with Gasteiger partial charge < -0.3 is 16.0 Å². The largest absolute Gasteiger partial charge is 0.352 e. The third kappa shape index (κ3) is 6.95. The maximum Gasteiger partial charge on any atom is 0.254 e. The molecule has 0 aromatic heterocycles. The van der Waals surface area contributed by atoms with E-state index in [4.69, 9.17) is 0 Å². The van der Waals surface area contributed by atoms with Crippen LogP contribution >= 0.6 is 0 Å². The molecule has 0 radical (unpaired) electrons. The van der Waals surface area contributed by atoms with E-state index >= 15 is 0 Å². The van der Waals surface area contributed by atoms with Crippen molar-refractivity contribution in [1.82, 2.24) is 5.32 Å². The number of nitrogens with one attached hydrogen (secondary N) is 3. The van der Waals surface area contributed by atoms with Gasteiger partial charge in [0.25, 0.3) is 5.91 Å². The number of hydrogen-bond donors (Lipinski definition) is 3. The first kappa shape index (κ1) is 23.0. The highest BCUT2D eigenvalue weighted by atomic mass is 19.1. The number of hydrogen-bond acceptors (Lipinski definition) is 3. The van der Waals surface area contributed by atoms with Crippen molar-refractivity contribution in [3.05, 3.63) is 59.7 Å². The average molecular weight is 417 g/mol. The summed E-state index contributed by atoms with van der Waals surface area (Å²) in [6.45, 7) is 5.61. The molecule has 2 rings (SSSR count). The second-order valence-corrected chi connectivity index (χ2v) is 7.81. The molecular formula is C22H25F2N3O3. The van der Waals surface area contributed by atoms with E-state index in [-0.39, 0.29) is 30.3 Å². The molecule has 0 saturated carbocycles. The lowest BCUT2D eigenvalue weighted by Gasteiger charge is -2.17. The minimum absolute atomic E-state index is 0.109. The van der Waals surface area contributed by atoms with Gasteiger partial charge >= 0.3 is 0 Å². The standard InChI is InChI=1S/C22H25F2N3O3/c1-22(2,3)21(30)27-16-9-7-15(8-10-16)26-19(28)5-4-12-25-20(29)17-11-6-14(23)13-18(17)24/h6-11,13H,4-5,12H2,1-3H3,(H,25,29)(H,26,28)(H,27,30). The van der Waals surface area contributed by atoms with Crippen molar-refractivity contribution in [2.24, 2.45) is 5.41 Å².